The zero-order valence-corrected chi connectivity index (χ0v) is 11.5. The molecule has 0 spiro atoms. The molecule has 5 heteroatoms. The molecule has 2 atom stereocenters. The lowest BCUT2D eigenvalue weighted by Gasteiger charge is -2.49. The summed E-state index contributed by atoms with van der Waals surface area (Å²) in [6.07, 6.45) is 0. The van der Waals surface area contributed by atoms with Gasteiger partial charge in [0.2, 0.25) is 0 Å². The van der Waals surface area contributed by atoms with Crippen molar-refractivity contribution < 1.29 is 0 Å². The Hall–Kier alpha value is 0.0600. The van der Waals surface area contributed by atoms with Crippen LogP contribution < -0.4 is 5.73 Å². The number of halogens is 1. The summed E-state index contributed by atoms with van der Waals surface area (Å²) in [6.45, 7) is 5.93. The molecule has 3 aliphatic rings. The summed E-state index contributed by atoms with van der Waals surface area (Å²) in [6, 6.07) is 2.74. The summed E-state index contributed by atoms with van der Waals surface area (Å²) < 4.78 is 1.17. The van der Waals surface area contributed by atoms with E-state index in [4.69, 9.17) is 5.73 Å². The molecule has 4 rings (SSSR count). The Labute approximate surface area is 108 Å². The fraction of sp³-hybridized carbons (Fsp3) is 0.636. The fourth-order valence-corrected chi connectivity index (χ4v) is 4.41. The van der Waals surface area contributed by atoms with E-state index in [1.54, 1.807) is 11.3 Å². The van der Waals surface area contributed by atoms with Crippen LogP contribution in [0.15, 0.2) is 15.9 Å². The number of fused-ring (bicyclic) bond motifs is 3. The van der Waals surface area contributed by atoms with Gasteiger partial charge in [0.15, 0.2) is 0 Å². The predicted molar refractivity (Wildman–Crippen MR) is 70.7 cm³/mol. The van der Waals surface area contributed by atoms with Crippen molar-refractivity contribution in [2.24, 2.45) is 5.73 Å². The van der Waals surface area contributed by atoms with Gasteiger partial charge in [-0.2, -0.15) is 0 Å². The minimum absolute atomic E-state index is 0.150. The predicted octanol–water partition coefficient (Wildman–Crippen LogP) is 1.51. The molecule has 16 heavy (non-hydrogen) atoms. The smallest absolute Gasteiger partial charge is 0.0571 e. The van der Waals surface area contributed by atoms with Gasteiger partial charge in [0, 0.05) is 48.1 Å². The van der Waals surface area contributed by atoms with E-state index in [0.717, 1.165) is 6.54 Å². The molecule has 3 nitrogen and oxygen atoms in total. The monoisotopic (exact) mass is 301 g/mol. The molecule has 3 aliphatic heterocycles. The van der Waals surface area contributed by atoms with Gasteiger partial charge in [-0.05, 0) is 27.4 Å². The van der Waals surface area contributed by atoms with Gasteiger partial charge in [0.05, 0.1) is 6.04 Å². The van der Waals surface area contributed by atoms with Crippen LogP contribution in [0.2, 0.25) is 0 Å². The molecule has 4 heterocycles. The summed E-state index contributed by atoms with van der Waals surface area (Å²) in [4.78, 5) is 6.38. The highest BCUT2D eigenvalue weighted by Crippen LogP contribution is 2.33. The van der Waals surface area contributed by atoms with Crippen LogP contribution in [0, 0.1) is 0 Å². The van der Waals surface area contributed by atoms with E-state index in [-0.39, 0.29) is 6.04 Å². The zero-order valence-electron chi connectivity index (χ0n) is 9.10. The van der Waals surface area contributed by atoms with Crippen LogP contribution >= 0.6 is 27.3 Å². The topological polar surface area (TPSA) is 32.5 Å². The van der Waals surface area contributed by atoms with Gasteiger partial charge in [0.25, 0.3) is 0 Å². The second-order valence-electron chi connectivity index (χ2n) is 4.56. The van der Waals surface area contributed by atoms with Crippen LogP contribution in [0.4, 0.5) is 0 Å². The third-order valence-corrected chi connectivity index (χ3v) is 5.66. The molecule has 88 valence electrons. The number of thiophene rings is 1. The Morgan fingerprint density at radius 2 is 2.12 bits per heavy atom. The van der Waals surface area contributed by atoms with Gasteiger partial charge in [-0.3, -0.25) is 9.80 Å². The molecule has 0 aromatic carbocycles. The molecular weight excluding hydrogens is 286 g/mol. The van der Waals surface area contributed by atoms with Crippen molar-refractivity contribution in [1.82, 2.24) is 9.80 Å². The number of hydrogen-bond acceptors (Lipinski definition) is 4. The lowest BCUT2D eigenvalue weighted by molar-refractivity contribution is 0.00253. The normalized spacial score (nSPS) is 35.2. The van der Waals surface area contributed by atoms with E-state index >= 15 is 0 Å². The molecule has 3 fully saturated rings. The summed E-state index contributed by atoms with van der Waals surface area (Å²) in [7, 11) is 0. The third kappa shape index (κ3) is 1.84. The Kier molecular flexibility index (Phi) is 3.06. The molecule has 2 N–H and O–H groups in total. The van der Waals surface area contributed by atoms with E-state index in [1.807, 2.05) is 0 Å². The van der Waals surface area contributed by atoms with Gasteiger partial charge < -0.3 is 5.73 Å². The number of nitrogens with two attached hydrogens (primary N) is 1. The Morgan fingerprint density at radius 3 is 2.62 bits per heavy atom. The van der Waals surface area contributed by atoms with E-state index in [2.05, 4.69) is 37.2 Å². The van der Waals surface area contributed by atoms with E-state index < -0.39 is 0 Å². The molecule has 0 aliphatic carbocycles. The minimum Gasteiger partial charge on any atom is -0.322 e. The molecule has 2 unspecified atom stereocenters. The fourth-order valence-electron chi connectivity index (χ4n) is 2.72. The van der Waals surface area contributed by atoms with E-state index in [9.17, 15) is 0 Å². The molecule has 1 aromatic heterocycles. The zero-order chi connectivity index (χ0) is 11.1. The van der Waals surface area contributed by atoms with Crippen LogP contribution in [0.1, 0.15) is 10.9 Å². The summed E-state index contributed by atoms with van der Waals surface area (Å²) >= 11 is 5.35. The number of hydrogen-bond donors (Lipinski definition) is 1. The summed E-state index contributed by atoms with van der Waals surface area (Å²) in [5, 5.41) is 2.11. The first kappa shape index (κ1) is 11.2. The van der Waals surface area contributed by atoms with Crippen LogP contribution in [0.25, 0.3) is 0 Å². The molecule has 3 saturated heterocycles. The summed E-state index contributed by atoms with van der Waals surface area (Å²) in [5.74, 6) is 0. The lowest BCUT2D eigenvalue weighted by atomic mass is 10.00. The lowest BCUT2D eigenvalue weighted by Crippen LogP contribution is -2.63. The van der Waals surface area contributed by atoms with E-state index in [0.29, 0.717) is 6.04 Å². The van der Waals surface area contributed by atoms with Crippen molar-refractivity contribution in [2.45, 2.75) is 12.1 Å². The van der Waals surface area contributed by atoms with Crippen LogP contribution in [-0.2, 0) is 0 Å². The molecular formula is C11H16BrN3S. The van der Waals surface area contributed by atoms with E-state index in [1.165, 1.54) is 35.5 Å². The van der Waals surface area contributed by atoms with Crippen molar-refractivity contribution in [3.8, 4) is 0 Å². The first-order valence-electron chi connectivity index (χ1n) is 5.70. The highest BCUT2D eigenvalue weighted by molar-refractivity contribution is 9.10. The first-order chi connectivity index (χ1) is 7.75. The Bertz CT molecular complexity index is 373. The van der Waals surface area contributed by atoms with Gasteiger partial charge in [0.1, 0.15) is 0 Å². The quantitative estimate of drug-likeness (QED) is 0.899. The van der Waals surface area contributed by atoms with Crippen molar-refractivity contribution >= 4 is 27.3 Å². The standard InChI is InChI=1S/C11H16BrN3S/c12-8-1-6-16-11(8)10(13)9-7-14-2-4-15(9)5-3-14/h1,6,9-10H,2-5,7,13H2. The van der Waals surface area contributed by atoms with Crippen LogP contribution in [0.3, 0.4) is 0 Å². The van der Waals surface area contributed by atoms with Crippen molar-refractivity contribution in [3.63, 3.8) is 0 Å². The first-order valence-corrected chi connectivity index (χ1v) is 7.38. The Morgan fingerprint density at radius 1 is 1.38 bits per heavy atom. The maximum Gasteiger partial charge on any atom is 0.0571 e. The second-order valence-corrected chi connectivity index (χ2v) is 6.36. The third-order valence-electron chi connectivity index (χ3n) is 3.68. The van der Waals surface area contributed by atoms with Gasteiger partial charge in [-0.1, -0.05) is 0 Å². The minimum atomic E-state index is 0.150. The van der Waals surface area contributed by atoms with Crippen LogP contribution in [0.5, 0.6) is 0 Å². The summed E-state index contributed by atoms with van der Waals surface area (Å²) in [5.41, 5.74) is 6.41. The second kappa shape index (κ2) is 4.38. The SMILES string of the molecule is NC(c1sccc1Br)C1CN2CCN1CC2. The van der Waals surface area contributed by atoms with Gasteiger partial charge in [-0.15, -0.1) is 11.3 Å². The number of rotatable bonds is 2. The van der Waals surface area contributed by atoms with Crippen molar-refractivity contribution in [3.05, 3.63) is 20.8 Å². The molecule has 0 saturated carbocycles. The molecule has 0 radical (unpaired) electrons. The maximum atomic E-state index is 6.41. The average Bonchev–Trinajstić information content (AvgIpc) is 2.76. The Balaban J connectivity index is 1.80. The molecule has 2 bridgehead atoms. The maximum absolute atomic E-state index is 6.41. The van der Waals surface area contributed by atoms with Gasteiger partial charge >= 0.3 is 0 Å². The highest BCUT2D eigenvalue weighted by Gasteiger charge is 2.36. The number of piperazine rings is 3. The number of nitrogens with zero attached hydrogens (tertiary/aromatic N) is 2. The van der Waals surface area contributed by atoms with Crippen molar-refractivity contribution in [2.75, 3.05) is 32.7 Å². The average molecular weight is 302 g/mol. The van der Waals surface area contributed by atoms with Crippen LogP contribution in [-0.4, -0.2) is 48.6 Å². The highest BCUT2D eigenvalue weighted by atomic mass is 79.9. The largest absolute Gasteiger partial charge is 0.322 e. The molecule has 1 aromatic rings. The van der Waals surface area contributed by atoms with Crippen molar-refractivity contribution in [1.29, 1.82) is 0 Å². The molecule has 0 amide bonds. The van der Waals surface area contributed by atoms with Gasteiger partial charge in [-0.25, -0.2) is 0 Å².